The van der Waals surface area contributed by atoms with Crippen LogP contribution in [0, 0.1) is 0 Å². The second-order valence-electron chi connectivity index (χ2n) is 2.91. The zero-order chi connectivity index (χ0) is 9.66. The fraction of sp³-hybridized carbons (Fsp3) is 1.00. The van der Waals surface area contributed by atoms with Crippen LogP contribution >= 0.6 is 0 Å². The second-order valence-corrected chi connectivity index (χ2v) is 2.91. The van der Waals surface area contributed by atoms with Gasteiger partial charge in [0.1, 0.15) is 0 Å². The maximum Gasteiger partial charge on any atom is -0.00773 e. The predicted octanol–water partition coefficient (Wildman–Crippen LogP) is 2.27. The summed E-state index contributed by atoms with van der Waals surface area (Å²) in [6.45, 7) is 3.12. The minimum absolute atomic E-state index is 0.869. The van der Waals surface area contributed by atoms with Crippen LogP contribution in [-0.4, -0.2) is 13.6 Å². The molecule has 0 aromatic rings. The fourth-order valence-electron chi connectivity index (χ4n) is 1.10. The van der Waals surface area contributed by atoms with Gasteiger partial charge in [-0.2, -0.15) is 0 Å². The lowest BCUT2D eigenvalue weighted by atomic mass is 10.1. The van der Waals surface area contributed by atoms with Crippen molar-refractivity contribution in [2.75, 3.05) is 13.6 Å². The molecule has 12 heavy (non-hydrogen) atoms. The highest BCUT2D eigenvalue weighted by Gasteiger charge is 1.87. The lowest BCUT2D eigenvalue weighted by Crippen LogP contribution is -1.97. The summed E-state index contributed by atoms with van der Waals surface area (Å²) in [7, 11) is 1.50. The maximum atomic E-state index is 5.37. The van der Waals surface area contributed by atoms with Gasteiger partial charge in [0, 0.05) is 0 Å². The molecule has 0 aliphatic heterocycles. The average molecular weight is 174 g/mol. The SMILES string of the molecule is CCCCCCCCCN.CN. The lowest BCUT2D eigenvalue weighted by Gasteiger charge is -1.97. The summed E-state index contributed by atoms with van der Waals surface area (Å²) < 4.78 is 0. The summed E-state index contributed by atoms with van der Waals surface area (Å²) in [5.41, 5.74) is 9.87. The Morgan fingerprint density at radius 2 is 1.17 bits per heavy atom. The van der Waals surface area contributed by atoms with Crippen LogP contribution in [0.5, 0.6) is 0 Å². The van der Waals surface area contributed by atoms with Gasteiger partial charge in [-0.25, -0.2) is 0 Å². The zero-order valence-corrected chi connectivity index (χ0v) is 8.81. The van der Waals surface area contributed by atoms with E-state index in [4.69, 9.17) is 5.73 Å². The lowest BCUT2D eigenvalue weighted by molar-refractivity contribution is 0.593. The molecule has 0 aromatic carbocycles. The van der Waals surface area contributed by atoms with Crippen LogP contribution < -0.4 is 11.5 Å². The normalized spacial score (nSPS) is 9.00. The minimum Gasteiger partial charge on any atom is -0.333 e. The van der Waals surface area contributed by atoms with Crippen LogP contribution in [0.2, 0.25) is 0 Å². The van der Waals surface area contributed by atoms with E-state index in [1.54, 1.807) is 0 Å². The first-order valence-corrected chi connectivity index (χ1v) is 5.19. The number of rotatable bonds is 7. The molecule has 4 N–H and O–H groups in total. The molecule has 0 aliphatic rings. The van der Waals surface area contributed by atoms with Crippen molar-refractivity contribution in [1.82, 2.24) is 0 Å². The number of hydrogen-bond donors (Lipinski definition) is 2. The van der Waals surface area contributed by atoms with Crippen LogP contribution in [0.25, 0.3) is 0 Å². The van der Waals surface area contributed by atoms with Gasteiger partial charge in [0.05, 0.1) is 0 Å². The molecule has 0 bridgehead atoms. The molecular formula is C10H26N2. The van der Waals surface area contributed by atoms with Gasteiger partial charge in [-0.1, -0.05) is 45.4 Å². The molecule has 2 heteroatoms. The molecular weight excluding hydrogens is 148 g/mol. The summed E-state index contributed by atoms with van der Waals surface area (Å²) in [4.78, 5) is 0. The van der Waals surface area contributed by atoms with Crippen molar-refractivity contribution in [1.29, 1.82) is 0 Å². The third-order valence-electron chi connectivity index (χ3n) is 1.81. The quantitative estimate of drug-likeness (QED) is 0.582. The molecule has 0 saturated heterocycles. The Morgan fingerprint density at radius 1 is 0.750 bits per heavy atom. The van der Waals surface area contributed by atoms with Crippen molar-refractivity contribution in [2.24, 2.45) is 11.5 Å². The molecule has 0 radical (unpaired) electrons. The molecule has 0 aromatic heterocycles. The van der Waals surface area contributed by atoms with Gasteiger partial charge in [-0.05, 0) is 20.0 Å². The first-order chi connectivity index (χ1) is 5.91. The Morgan fingerprint density at radius 3 is 1.58 bits per heavy atom. The Kier molecular flexibility index (Phi) is 20.6. The van der Waals surface area contributed by atoms with Crippen LogP contribution in [0.1, 0.15) is 51.9 Å². The molecule has 0 unspecified atom stereocenters. The molecule has 0 atom stereocenters. The minimum atomic E-state index is 0.869. The number of hydrogen-bond acceptors (Lipinski definition) is 2. The summed E-state index contributed by atoms with van der Waals surface area (Å²) in [6, 6.07) is 0. The van der Waals surface area contributed by atoms with Crippen LogP contribution in [0.3, 0.4) is 0 Å². The monoisotopic (exact) mass is 174 g/mol. The standard InChI is InChI=1S/C9H21N.CH5N/c1-2-3-4-5-6-7-8-9-10;1-2/h2-10H2,1H3;2H2,1H3. The average Bonchev–Trinajstić information content (AvgIpc) is 2.15. The van der Waals surface area contributed by atoms with E-state index < -0.39 is 0 Å². The van der Waals surface area contributed by atoms with E-state index >= 15 is 0 Å². The van der Waals surface area contributed by atoms with Crippen molar-refractivity contribution in [2.45, 2.75) is 51.9 Å². The molecule has 0 fully saturated rings. The Hall–Kier alpha value is -0.0800. The van der Waals surface area contributed by atoms with Crippen molar-refractivity contribution < 1.29 is 0 Å². The summed E-state index contributed by atoms with van der Waals surface area (Å²) in [5, 5.41) is 0. The van der Waals surface area contributed by atoms with Gasteiger partial charge in [-0.15, -0.1) is 0 Å². The van der Waals surface area contributed by atoms with Gasteiger partial charge < -0.3 is 11.5 Å². The van der Waals surface area contributed by atoms with Crippen LogP contribution in [-0.2, 0) is 0 Å². The first-order valence-electron chi connectivity index (χ1n) is 5.19. The van der Waals surface area contributed by atoms with E-state index in [0.29, 0.717) is 0 Å². The predicted molar refractivity (Wildman–Crippen MR) is 57.2 cm³/mol. The number of nitrogens with two attached hydrogens (primary N) is 2. The Bertz CT molecular complexity index is 47.8. The molecule has 0 aliphatic carbocycles. The van der Waals surface area contributed by atoms with Crippen LogP contribution in [0.4, 0.5) is 0 Å². The zero-order valence-electron chi connectivity index (χ0n) is 8.81. The largest absolute Gasteiger partial charge is 0.333 e. The fourth-order valence-corrected chi connectivity index (χ4v) is 1.10. The summed E-state index contributed by atoms with van der Waals surface area (Å²) in [5.74, 6) is 0. The Labute approximate surface area is 77.7 Å². The van der Waals surface area contributed by atoms with Gasteiger partial charge >= 0.3 is 0 Å². The van der Waals surface area contributed by atoms with Gasteiger partial charge in [0.2, 0.25) is 0 Å². The van der Waals surface area contributed by atoms with E-state index in [0.717, 1.165) is 6.54 Å². The maximum absolute atomic E-state index is 5.37. The van der Waals surface area contributed by atoms with Crippen LogP contribution in [0.15, 0.2) is 0 Å². The highest BCUT2D eigenvalue weighted by Crippen LogP contribution is 2.05. The third kappa shape index (κ3) is 16.5. The van der Waals surface area contributed by atoms with Crippen molar-refractivity contribution >= 4 is 0 Å². The van der Waals surface area contributed by atoms with E-state index in [9.17, 15) is 0 Å². The first kappa shape index (κ1) is 14.4. The molecule has 0 amide bonds. The molecule has 2 nitrogen and oxygen atoms in total. The smallest absolute Gasteiger partial charge is 0.00773 e. The van der Waals surface area contributed by atoms with E-state index in [1.807, 2.05) is 0 Å². The van der Waals surface area contributed by atoms with Gasteiger partial charge in [-0.3, -0.25) is 0 Å². The number of unbranched alkanes of at least 4 members (excludes halogenated alkanes) is 6. The van der Waals surface area contributed by atoms with Crippen molar-refractivity contribution in [3.8, 4) is 0 Å². The molecule has 76 valence electrons. The molecule has 0 heterocycles. The summed E-state index contributed by atoms with van der Waals surface area (Å²) in [6.07, 6.45) is 9.51. The Balaban J connectivity index is 0. The second kappa shape index (κ2) is 17.1. The van der Waals surface area contributed by atoms with Crippen molar-refractivity contribution in [3.05, 3.63) is 0 Å². The topological polar surface area (TPSA) is 52.0 Å². The summed E-state index contributed by atoms with van der Waals surface area (Å²) >= 11 is 0. The third-order valence-corrected chi connectivity index (χ3v) is 1.81. The highest BCUT2D eigenvalue weighted by molar-refractivity contribution is 4.44. The highest BCUT2D eigenvalue weighted by atomic mass is 14.5. The van der Waals surface area contributed by atoms with E-state index in [2.05, 4.69) is 12.7 Å². The van der Waals surface area contributed by atoms with E-state index in [1.165, 1.54) is 52.0 Å². The molecule has 0 saturated carbocycles. The van der Waals surface area contributed by atoms with E-state index in [-0.39, 0.29) is 0 Å². The molecule has 0 rings (SSSR count). The molecule has 0 spiro atoms. The van der Waals surface area contributed by atoms with Crippen molar-refractivity contribution in [3.63, 3.8) is 0 Å². The van der Waals surface area contributed by atoms with Gasteiger partial charge in [0.15, 0.2) is 0 Å². The van der Waals surface area contributed by atoms with Gasteiger partial charge in [0.25, 0.3) is 0 Å².